The maximum atomic E-state index is 11.6. The minimum Gasteiger partial charge on any atom is -0.747 e. The Hall–Kier alpha value is -0.0300. The first-order chi connectivity index (χ1) is 12.8. The molecule has 2 atom stereocenters. The molecular weight excluding hydrogens is 478 g/mol. The summed E-state index contributed by atoms with van der Waals surface area (Å²) in [6, 6.07) is 11.6. The van der Waals surface area contributed by atoms with Crippen molar-refractivity contribution in [2.75, 3.05) is 5.32 Å². The molecule has 2 aromatic carbocycles. The van der Waals surface area contributed by atoms with Gasteiger partial charge in [-0.05, 0) is 29.8 Å². The van der Waals surface area contributed by atoms with E-state index in [-0.39, 0.29) is 75.3 Å². The first-order valence-electron chi connectivity index (χ1n) is 7.62. The second-order valence-electron chi connectivity index (χ2n) is 5.82. The average Bonchev–Trinajstić information content (AvgIpc) is 2.57. The van der Waals surface area contributed by atoms with Gasteiger partial charge in [-0.15, -0.1) is 0 Å². The van der Waals surface area contributed by atoms with E-state index < -0.39 is 47.3 Å². The number of rotatable bonds is 8. The standard InChI is InChI=1S/C15H18N2O8S3.2Na/c16-26(18,19)13-8-6-12(7-9-13)17-15(28(23,24)25)10-14(27(20,21)22)11-4-2-1-3-5-11;;/h1-9,14-15,17H,10H2,(H2,16,18,19)(H,20,21,22)(H,23,24,25);;/q;2*+1/p-2. The summed E-state index contributed by atoms with van der Waals surface area (Å²) in [5, 5.41) is 3.55. The smallest absolute Gasteiger partial charge is 0.747 e. The SMILES string of the molecule is NS(=O)(=O)c1ccc(NC(CC(c2ccccc2)S(=O)(=O)[O-])S(=O)(=O)[O-])cc1.[Na+].[Na+]. The van der Waals surface area contributed by atoms with Crippen molar-refractivity contribution in [3.05, 3.63) is 60.2 Å². The van der Waals surface area contributed by atoms with Crippen LogP contribution in [0.4, 0.5) is 5.69 Å². The first-order valence-corrected chi connectivity index (χ1v) is 12.1. The first kappa shape index (κ1) is 30.0. The van der Waals surface area contributed by atoms with Gasteiger partial charge in [0.25, 0.3) is 0 Å². The summed E-state index contributed by atoms with van der Waals surface area (Å²) in [6.45, 7) is 0. The Kier molecular flexibility index (Phi) is 11.7. The van der Waals surface area contributed by atoms with Crippen LogP contribution in [0.25, 0.3) is 0 Å². The Bertz CT molecular complexity index is 1140. The maximum absolute atomic E-state index is 11.6. The van der Waals surface area contributed by atoms with Crippen LogP contribution in [-0.4, -0.2) is 39.7 Å². The molecule has 0 aliphatic rings. The zero-order chi connectivity index (χ0) is 21.2. The molecule has 0 saturated heterocycles. The van der Waals surface area contributed by atoms with Crippen LogP contribution < -0.4 is 69.6 Å². The van der Waals surface area contributed by atoms with Crippen molar-refractivity contribution < 1.29 is 93.5 Å². The third kappa shape index (κ3) is 8.84. The van der Waals surface area contributed by atoms with Gasteiger partial charge in [0.15, 0.2) is 0 Å². The van der Waals surface area contributed by atoms with Crippen LogP contribution in [0.5, 0.6) is 0 Å². The summed E-state index contributed by atoms with van der Waals surface area (Å²) in [5.41, 5.74) is 0.0597. The molecular formula is C15H16N2Na2O8S3. The zero-order valence-corrected chi connectivity index (χ0v) is 22.6. The van der Waals surface area contributed by atoms with E-state index in [1.807, 2.05) is 0 Å². The van der Waals surface area contributed by atoms with Crippen LogP contribution >= 0.6 is 0 Å². The van der Waals surface area contributed by atoms with Crippen LogP contribution in [0.3, 0.4) is 0 Å². The van der Waals surface area contributed by atoms with Gasteiger partial charge in [-0.2, -0.15) is 0 Å². The van der Waals surface area contributed by atoms with Gasteiger partial charge in [-0.1, -0.05) is 30.3 Å². The molecule has 0 spiro atoms. The van der Waals surface area contributed by atoms with Gasteiger partial charge in [0.1, 0.15) is 25.6 Å². The molecule has 0 radical (unpaired) electrons. The van der Waals surface area contributed by atoms with Crippen molar-refractivity contribution in [3.63, 3.8) is 0 Å². The number of hydrogen-bond acceptors (Lipinski definition) is 9. The van der Waals surface area contributed by atoms with E-state index in [4.69, 9.17) is 5.14 Å². The van der Waals surface area contributed by atoms with Crippen LogP contribution in [0.1, 0.15) is 17.2 Å². The summed E-state index contributed by atoms with van der Waals surface area (Å²) in [4.78, 5) is -0.246. The van der Waals surface area contributed by atoms with Crippen molar-refractivity contribution >= 4 is 35.9 Å². The molecule has 0 aromatic heterocycles. The van der Waals surface area contributed by atoms with E-state index in [2.05, 4.69) is 5.32 Å². The van der Waals surface area contributed by atoms with Gasteiger partial charge < -0.3 is 14.4 Å². The number of sulfonamides is 1. The van der Waals surface area contributed by atoms with Gasteiger partial charge in [0, 0.05) is 12.1 Å². The quantitative estimate of drug-likeness (QED) is 0.266. The molecule has 0 aliphatic carbocycles. The van der Waals surface area contributed by atoms with E-state index in [1.54, 1.807) is 6.07 Å². The molecule has 3 N–H and O–H groups in total. The van der Waals surface area contributed by atoms with Gasteiger partial charge in [0.2, 0.25) is 10.0 Å². The fourth-order valence-corrected chi connectivity index (χ4v) is 4.72. The molecule has 30 heavy (non-hydrogen) atoms. The number of primary sulfonamides is 1. The molecule has 0 fully saturated rings. The van der Waals surface area contributed by atoms with Crippen LogP contribution in [0.15, 0.2) is 59.5 Å². The van der Waals surface area contributed by atoms with Crippen LogP contribution in [-0.2, 0) is 30.3 Å². The summed E-state index contributed by atoms with van der Waals surface area (Å²) in [6.07, 6.45) is -0.835. The topological polar surface area (TPSA) is 187 Å². The number of benzene rings is 2. The molecule has 154 valence electrons. The van der Waals surface area contributed by atoms with E-state index >= 15 is 0 Å². The number of anilines is 1. The average molecular weight is 494 g/mol. The predicted octanol–water partition coefficient (Wildman–Crippen LogP) is -5.70. The number of nitrogens with one attached hydrogen (secondary N) is 1. The Morgan fingerprint density at radius 3 is 1.70 bits per heavy atom. The van der Waals surface area contributed by atoms with Gasteiger partial charge in [0.05, 0.1) is 10.1 Å². The second kappa shape index (κ2) is 11.7. The van der Waals surface area contributed by atoms with Gasteiger partial charge in [-0.25, -0.2) is 30.4 Å². The fourth-order valence-electron chi connectivity index (χ4n) is 2.46. The summed E-state index contributed by atoms with van der Waals surface area (Å²) >= 11 is 0. The Morgan fingerprint density at radius 1 is 0.800 bits per heavy atom. The Balaban J connectivity index is 0.00000420. The minimum absolute atomic E-state index is 0. The molecule has 2 unspecified atom stereocenters. The van der Waals surface area contributed by atoms with Crippen molar-refractivity contribution in [1.29, 1.82) is 0 Å². The molecule has 10 nitrogen and oxygen atoms in total. The second-order valence-corrected chi connectivity index (χ2v) is 10.5. The maximum Gasteiger partial charge on any atom is 1.00 e. The number of nitrogens with two attached hydrogens (primary N) is 1. The predicted molar refractivity (Wildman–Crippen MR) is 98.4 cm³/mol. The Labute approximate surface area is 219 Å². The van der Waals surface area contributed by atoms with Crippen molar-refractivity contribution in [3.8, 4) is 0 Å². The van der Waals surface area contributed by atoms with Gasteiger partial charge in [-0.3, -0.25) is 0 Å². The van der Waals surface area contributed by atoms with Crippen molar-refractivity contribution in [1.82, 2.24) is 0 Å². The molecule has 0 saturated carbocycles. The summed E-state index contributed by atoms with van der Waals surface area (Å²) in [5.74, 6) is 0. The van der Waals surface area contributed by atoms with E-state index in [0.29, 0.717) is 0 Å². The van der Waals surface area contributed by atoms with Gasteiger partial charge >= 0.3 is 59.1 Å². The van der Waals surface area contributed by atoms with Crippen molar-refractivity contribution in [2.45, 2.75) is 21.9 Å². The molecule has 15 heteroatoms. The fraction of sp³-hybridized carbons (Fsp3) is 0.200. The molecule has 0 amide bonds. The van der Waals surface area contributed by atoms with Crippen LogP contribution in [0, 0.1) is 0 Å². The summed E-state index contributed by atoms with van der Waals surface area (Å²) < 4.78 is 92.3. The zero-order valence-electron chi connectivity index (χ0n) is 16.1. The minimum atomic E-state index is -5.07. The molecule has 0 bridgehead atoms. The van der Waals surface area contributed by atoms with E-state index in [0.717, 1.165) is 24.3 Å². The normalized spacial score (nSPS) is 14.0. The van der Waals surface area contributed by atoms with E-state index in [1.165, 1.54) is 24.3 Å². The largest absolute Gasteiger partial charge is 1.00 e. The van der Waals surface area contributed by atoms with Crippen molar-refractivity contribution in [2.24, 2.45) is 5.14 Å². The molecule has 0 heterocycles. The summed E-state index contributed by atoms with van der Waals surface area (Å²) in [7, 11) is -14.0. The van der Waals surface area contributed by atoms with Crippen LogP contribution in [0.2, 0.25) is 0 Å². The number of hydrogen-bond donors (Lipinski definition) is 2. The monoisotopic (exact) mass is 494 g/mol. The third-order valence-electron chi connectivity index (χ3n) is 3.81. The molecule has 2 aromatic rings. The third-order valence-corrected chi connectivity index (χ3v) is 6.90. The Morgan fingerprint density at radius 2 is 1.30 bits per heavy atom. The molecule has 0 aliphatic heterocycles. The van der Waals surface area contributed by atoms with E-state index in [9.17, 15) is 34.4 Å². The molecule has 2 rings (SSSR count).